The van der Waals surface area contributed by atoms with Crippen LogP contribution in [-0.2, 0) is 5.41 Å². The van der Waals surface area contributed by atoms with Gasteiger partial charge >= 0.3 is 0 Å². The Bertz CT molecular complexity index is 413. The molecule has 1 aromatic rings. The Kier molecular flexibility index (Phi) is 4.16. The molecule has 0 saturated heterocycles. The third-order valence-corrected chi connectivity index (χ3v) is 6.03. The Morgan fingerprint density at radius 3 is 2.20 bits per heavy atom. The standard InChI is InChI=1S/C19H29N/c1-15-9-11-16(12-10-15)18(20-2)19(13-6-14-19)17-7-4-3-5-8-17/h3-5,7-8,15-16,18,20H,6,9-14H2,1-2H3. The molecular weight excluding hydrogens is 242 g/mol. The van der Waals surface area contributed by atoms with Crippen molar-refractivity contribution >= 4 is 0 Å². The average Bonchev–Trinajstić information content (AvgIpc) is 2.45. The average molecular weight is 271 g/mol. The zero-order valence-corrected chi connectivity index (χ0v) is 13.1. The predicted octanol–water partition coefficient (Wildman–Crippen LogP) is 4.52. The third kappa shape index (κ3) is 2.41. The summed E-state index contributed by atoms with van der Waals surface area (Å²) in [4.78, 5) is 0. The van der Waals surface area contributed by atoms with Gasteiger partial charge in [-0.25, -0.2) is 0 Å². The molecule has 1 heteroatoms. The van der Waals surface area contributed by atoms with Crippen LogP contribution in [0.15, 0.2) is 30.3 Å². The molecule has 0 heterocycles. The maximum atomic E-state index is 3.73. The largest absolute Gasteiger partial charge is 0.316 e. The van der Waals surface area contributed by atoms with Gasteiger partial charge in [0.05, 0.1) is 0 Å². The van der Waals surface area contributed by atoms with Crippen LogP contribution in [0.3, 0.4) is 0 Å². The molecule has 2 aliphatic rings. The van der Waals surface area contributed by atoms with Crippen molar-refractivity contribution in [3.63, 3.8) is 0 Å². The van der Waals surface area contributed by atoms with Crippen LogP contribution in [-0.4, -0.2) is 13.1 Å². The zero-order chi connectivity index (χ0) is 14.0. The Balaban J connectivity index is 1.83. The van der Waals surface area contributed by atoms with Crippen LogP contribution in [0.2, 0.25) is 0 Å². The lowest BCUT2D eigenvalue weighted by molar-refractivity contribution is 0.102. The monoisotopic (exact) mass is 271 g/mol. The summed E-state index contributed by atoms with van der Waals surface area (Å²) in [6, 6.07) is 12.0. The first-order valence-corrected chi connectivity index (χ1v) is 8.49. The summed E-state index contributed by atoms with van der Waals surface area (Å²) in [6.45, 7) is 2.42. The van der Waals surface area contributed by atoms with E-state index in [1.807, 2.05) is 0 Å². The first-order valence-electron chi connectivity index (χ1n) is 8.49. The van der Waals surface area contributed by atoms with Crippen LogP contribution in [0.25, 0.3) is 0 Å². The molecule has 2 aliphatic carbocycles. The van der Waals surface area contributed by atoms with Gasteiger partial charge in [-0.1, -0.05) is 56.5 Å². The quantitative estimate of drug-likeness (QED) is 0.849. The first-order chi connectivity index (χ1) is 9.76. The van der Waals surface area contributed by atoms with Gasteiger partial charge in [-0.05, 0) is 50.1 Å². The lowest BCUT2D eigenvalue weighted by Gasteiger charge is -2.52. The van der Waals surface area contributed by atoms with E-state index < -0.39 is 0 Å². The van der Waals surface area contributed by atoms with Crippen LogP contribution in [0.4, 0.5) is 0 Å². The molecule has 1 atom stereocenters. The van der Waals surface area contributed by atoms with E-state index in [-0.39, 0.29) is 0 Å². The highest BCUT2D eigenvalue weighted by Crippen LogP contribution is 2.50. The molecule has 1 nitrogen and oxygen atoms in total. The predicted molar refractivity (Wildman–Crippen MR) is 85.9 cm³/mol. The number of hydrogen-bond donors (Lipinski definition) is 1. The lowest BCUT2D eigenvalue weighted by Crippen LogP contribution is -2.55. The summed E-state index contributed by atoms with van der Waals surface area (Å²) in [5.74, 6) is 1.81. The molecule has 2 saturated carbocycles. The Morgan fingerprint density at radius 1 is 1.05 bits per heavy atom. The summed E-state index contributed by atoms with van der Waals surface area (Å²) in [5.41, 5.74) is 1.99. The van der Waals surface area contributed by atoms with E-state index in [9.17, 15) is 0 Å². The van der Waals surface area contributed by atoms with Crippen LogP contribution in [0.1, 0.15) is 57.4 Å². The van der Waals surface area contributed by atoms with Crippen LogP contribution >= 0.6 is 0 Å². The highest BCUT2D eigenvalue weighted by molar-refractivity contribution is 5.31. The van der Waals surface area contributed by atoms with Crippen molar-refractivity contribution in [2.75, 3.05) is 7.05 Å². The number of hydrogen-bond acceptors (Lipinski definition) is 1. The molecule has 1 unspecified atom stereocenters. The first kappa shape index (κ1) is 14.1. The molecule has 0 aliphatic heterocycles. The van der Waals surface area contributed by atoms with E-state index in [1.54, 1.807) is 5.56 Å². The molecule has 0 spiro atoms. The van der Waals surface area contributed by atoms with Crippen LogP contribution in [0, 0.1) is 11.8 Å². The van der Waals surface area contributed by atoms with E-state index in [0.717, 1.165) is 11.8 Å². The van der Waals surface area contributed by atoms with Gasteiger partial charge in [-0.15, -0.1) is 0 Å². The summed E-state index contributed by atoms with van der Waals surface area (Å²) >= 11 is 0. The molecule has 1 N–H and O–H groups in total. The fourth-order valence-electron chi connectivity index (χ4n) is 4.69. The van der Waals surface area contributed by atoms with E-state index in [1.165, 1.54) is 44.9 Å². The number of nitrogens with one attached hydrogen (secondary N) is 1. The van der Waals surface area contributed by atoms with E-state index in [2.05, 4.69) is 49.6 Å². The third-order valence-electron chi connectivity index (χ3n) is 6.03. The highest BCUT2D eigenvalue weighted by Gasteiger charge is 2.47. The number of benzene rings is 1. The van der Waals surface area contributed by atoms with Gasteiger partial charge in [0.1, 0.15) is 0 Å². The van der Waals surface area contributed by atoms with Crippen molar-refractivity contribution in [3.05, 3.63) is 35.9 Å². The second-order valence-electron chi connectivity index (χ2n) is 7.16. The number of likely N-dealkylation sites (N-methyl/N-ethyl adjacent to an activating group) is 1. The number of rotatable bonds is 4. The van der Waals surface area contributed by atoms with Gasteiger partial charge in [0.2, 0.25) is 0 Å². The highest BCUT2D eigenvalue weighted by atomic mass is 14.9. The molecule has 2 fully saturated rings. The van der Waals surface area contributed by atoms with Crippen molar-refractivity contribution in [1.29, 1.82) is 0 Å². The van der Waals surface area contributed by atoms with Gasteiger partial charge < -0.3 is 5.32 Å². The smallest absolute Gasteiger partial charge is 0.0189 e. The summed E-state index contributed by atoms with van der Waals surface area (Å²) < 4.78 is 0. The molecular formula is C19H29N. The second kappa shape index (κ2) is 5.89. The molecule has 3 rings (SSSR count). The second-order valence-corrected chi connectivity index (χ2v) is 7.16. The topological polar surface area (TPSA) is 12.0 Å². The summed E-state index contributed by atoms with van der Waals surface area (Å²) in [5, 5.41) is 3.73. The van der Waals surface area contributed by atoms with Crippen molar-refractivity contribution in [1.82, 2.24) is 5.32 Å². The van der Waals surface area contributed by atoms with Crippen molar-refractivity contribution < 1.29 is 0 Å². The van der Waals surface area contributed by atoms with Gasteiger partial charge in [0.15, 0.2) is 0 Å². The maximum absolute atomic E-state index is 3.73. The van der Waals surface area contributed by atoms with E-state index >= 15 is 0 Å². The van der Waals surface area contributed by atoms with Crippen molar-refractivity contribution in [2.45, 2.75) is 63.3 Å². The molecule has 110 valence electrons. The molecule has 0 amide bonds. The van der Waals surface area contributed by atoms with Crippen molar-refractivity contribution in [2.24, 2.45) is 11.8 Å². The minimum absolute atomic E-state index is 0.418. The summed E-state index contributed by atoms with van der Waals surface area (Å²) in [7, 11) is 2.19. The molecule has 0 bridgehead atoms. The molecule has 0 radical (unpaired) electrons. The van der Waals surface area contributed by atoms with Crippen molar-refractivity contribution in [3.8, 4) is 0 Å². The fraction of sp³-hybridized carbons (Fsp3) is 0.684. The Labute approximate surface area is 124 Å². The van der Waals surface area contributed by atoms with Crippen LogP contribution in [0.5, 0.6) is 0 Å². The van der Waals surface area contributed by atoms with Gasteiger partial charge in [0, 0.05) is 11.5 Å². The van der Waals surface area contributed by atoms with Gasteiger partial charge in [0.25, 0.3) is 0 Å². The Morgan fingerprint density at radius 2 is 1.70 bits per heavy atom. The molecule has 20 heavy (non-hydrogen) atoms. The Hall–Kier alpha value is -0.820. The van der Waals surface area contributed by atoms with E-state index in [4.69, 9.17) is 0 Å². The molecule has 0 aromatic heterocycles. The van der Waals surface area contributed by atoms with Gasteiger partial charge in [-0.3, -0.25) is 0 Å². The SMILES string of the molecule is CNC(C1CCC(C)CC1)C1(c2ccccc2)CCC1. The molecule has 1 aromatic carbocycles. The van der Waals surface area contributed by atoms with E-state index in [0.29, 0.717) is 11.5 Å². The minimum atomic E-state index is 0.418. The fourth-order valence-corrected chi connectivity index (χ4v) is 4.69. The lowest BCUT2D eigenvalue weighted by atomic mass is 9.56. The maximum Gasteiger partial charge on any atom is 0.0189 e. The normalized spacial score (nSPS) is 30.5. The minimum Gasteiger partial charge on any atom is -0.316 e. The van der Waals surface area contributed by atoms with Gasteiger partial charge in [-0.2, -0.15) is 0 Å². The van der Waals surface area contributed by atoms with Crippen LogP contribution < -0.4 is 5.32 Å². The zero-order valence-electron chi connectivity index (χ0n) is 13.1. The summed E-state index contributed by atoms with van der Waals surface area (Å²) in [6.07, 6.45) is 9.82.